The molecule has 1 fully saturated rings. The van der Waals surface area contributed by atoms with Crippen LogP contribution in [0.15, 0.2) is 6.33 Å². The smallest absolute Gasteiger partial charge is 0.475 e. The number of hydrogen-bond acceptors (Lipinski definition) is 9. The SMILES string of the molecule is CN(C)CCCn1cnc2c(N(CC3CCCC3)NC(=O)OC(C)(C)C)nc(C#N)nc21.O=C(O)C(F)(F)F. The maximum Gasteiger partial charge on any atom is 0.490 e. The molecular weight excluding hydrogens is 521 g/mol. The van der Waals surface area contributed by atoms with Crippen LogP contribution in [0.25, 0.3) is 11.2 Å². The number of aromatic nitrogens is 4. The number of imidazole rings is 1. The van der Waals surface area contributed by atoms with E-state index in [1.54, 1.807) is 11.3 Å². The van der Waals surface area contributed by atoms with E-state index in [0.717, 1.165) is 32.4 Å². The van der Waals surface area contributed by atoms with Gasteiger partial charge >= 0.3 is 18.2 Å². The second-order valence-corrected chi connectivity index (χ2v) is 10.4. The maximum absolute atomic E-state index is 12.6. The standard InChI is InChI=1S/C22H34N8O2.C2HF3O2/c1-22(2,3)32-21(31)27-30(14-16-9-6-7-10-16)20-18-19(25-17(13-23)26-20)29(15-24-18)12-8-11-28(4)5;3-2(4,5)1(6)7/h15-16H,6-12,14H2,1-5H3,(H,27,31);(H,6,7). The van der Waals surface area contributed by atoms with Crippen molar-refractivity contribution in [2.75, 3.05) is 32.2 Å². The lowest BCUT2D eigenvalue weighted by atomic mass is 10.1. The molecule has 0 aromatic carbocycles. The Morgan fingerprint density at radius 3 is 2.36 bits per heavy atom. The van der Waals surface area contributed by atoms with E-state index in [0.29, 0.717) is 29.4 Å². The summed E-state index contributed by atoms with van der Waals surface area (Å²) in [5.74, 6) is -1.87. The molecule has 0 radical (unpaired) electrons. The highest BCUT2D eigenvalue weighted by atomic mass is 19.4. The molecule has 1 amide bonds. The number of aliphatic carboxylic acids is 1. The number of hydrazine groups is 1. The minimum Gasteiger partial charge on any atom is -0.475 e. The molecule has 0 saturated heterocycles. The van der Waals surface area contributed by atoms with Crippen molar-refractivity contribution >= 4 is 29.0 Å². The van der Waals surface area contributed by atoms with E-state index in [4.69, 9.17) is 14.6 Å². The molecule has 1 saturated carbocycles. The fraction of sp³-hybridized carbons (Fsp3) is 0.667. The van der Waals surface area contributed by atoms with Gasteiger partial charge in [-0.05, 0) is 66.6 Å². The predicted molar refractivity (Wildman–Crippen MR) is 136 cm³/mol. The topological polar surface area (TPSA) is 150 Å². The van der Waals surface area contributed by atoms with Crippen LogP contribution in [0.4, 0.5) is 23.8 Å². The highest BCUT2D eigenvalue weighted by molar-refractivity contribution is 5.85. The Morgan fingerprint density at radius 1 is 1.23 bits per heavy atom. The fourth-order valence-electron chi connectivity index (χ4n) is 3.94. The van der Waals surface area contributed by atoms with Gasteiger partial charge in [0.2, 0.25) is 5.82 Å². The van der Waals surface area contributed by atoms with Gasteiger partial charge in [0.1, 0.15) is 11.7 Å². The van der Waals surface area contributed by atoms with E-state index in [1.807, 2.05) is 45.5 Å². The van der Waals surface area contributed by atoms with Crippen molar-refractivity contribution in [2.45, 2.75) is 71.2 Å². The second-order valence-electron chi connectivity index (χ2n) is 10.4. The molecule has 0 atom stereocenters. The summed E-state index contributed by atoms with van der Waals surface area (Å²) in [4.78, 5) is 37.0. The lowest BCUT2D eigenvalue weighted by Gasteiger charge is -2.29. The summed E-state index contributed by atoms with van der Waals surface area (Å²) in [5.41, 5.74) is 3.36. The summed E-state index contributed by atoms with van der Waals surface area (Å²) < 4.78 is 39.1. The molecule has 0 bridgehead atoms. The average molecular weight is 557 g/mol. The zero-order chi connectivity index (χ0) is 29.4. The molecule has 0 aliphatic heterocycles. The van der Waals surface area contributed by atoms with E-state index in [-0.39, 0.29) is 5.82 Å². The number of nitrogens with zero attached hydrogens (tertiary/aromatic N) is 7. The molecule has 2 N–H and O–H groups in total. The largest absolute Gasteiger partial charge is 0.490 e. The predicted octanol–water partition coefficient (Wildman–Crippen LogP) is 3.72. The Labute approximate surface area is 224 Å². The molecule has 2 aromatic rings. The number of hydrogen-bond donors (Lipinski definition) is 2. The Bertz CT molecular complexity index is 1170. The number of ether oxygens (including phenoxy) is 1. The van der Waals surface area contributed by atoms with E-state index < -0.39 is 23.8 Å². The number of carbonyl (C=O) groups excluding carboxylic acids is 1. The number of halogens is 3. The number of aryl methyl sites for hydroxylation is 1. The van der Waals surface area contributed by atoms with Crippen molar-refractivity contribution in [3.05, 3.63) is 12.2 Å². The van der Waals surface area contributed by atoms with Crippen LogP contribution in [0, 0.1) is 17.2 Å². The quantitative estimate of drug-likeness (QED) is 0.461. The van der Waals surface area contributed by atoms with Gasteiger partial charge in [-0.1, -0.05) is 12.8 Å². The number of amides is 1. The van der Waals surface area contributed by atoms with Gasteiger partial charge in [0.15, 0.2) is 17.0 Å². The zero-order valence-electron chi connectivity index (χ0n) is 22.7. The normalized spacial score (nSPS) is 14.1. The van der Waals surface area contributed by atoms with E-state index >= 15 is 0 Å². The molecule has 3 rings (SSSR count). The summed E-state index contributed by atoms with van der Waals surface area (Å²) in [6.45, 7) is 7.68. The first-order chi connectivity index (χ1) is 18.1. The van der Waals surface area contributed by atoms with Crippen LogP contribution in [0.3, 0.4) is 0 Å². The lowest BCUT2D eigenvalue weighted by molar-refractivity contribution is -0.192. The maximum atomic E-state index is 12.6. The molecule has 12 nitrogen and oxygen atoms in total. The summed E-state index contributed by atoms with van der Waals surface area (Å²) in [6.07, 6.45) is 1.52. The molecule has 216 valence electrons. The monoisotopic (exact) mass is 556 g/mol. The first-order valence-corrected chi connectivity index (χ1v) is 12.5. The van der Waals surface area contributed by atoms with Crippen LogP contribution in [-0.2, 0) is 16.1 Å². The molecule has 15 heteroatoms. The Balaban J connectivity index is 0.000000673. The van der Waals surface area contributed by atoms with Crippen molar-refractivity contribution in [3.63, 3.8) is 0 Å². The lowest BCUT2D eigenvalue weighted by Crippen LogP contribution is -2.47. The number of anilines is 1. The first-order valence-electron chi connectivity index (χ1n) is 12.5. The van der Waals surface area contributed by atoms with Gasteiger partial charge < -0.3 is 19.3 Å². The Morgan fingerprint density at radius 2 is 1.85 bits per heavy atom. The van der Waals surface area contributed by atoms with Crippen molar-refractivity contribution in [2.24, 2.45) is 5.92 Å². The van der Waals surface area contributed by atoms with Gasteiger partial charge in [0.25, 0.3) is 0 Å². The number of carboxylic acid groups (broad SMARTS) is 1. The van der Waals surface area contributed by atoms with Gasteiger partial charge in [-0.3, -0.25) is 5.01 Å². The summed E-state index contributed by atoms with van der Waals surface area (Å²) in [7, 11) is 4.06. The molecule has 2 heterocycles. The second kappa shape index (κ2) is 13.4. The third-order valence-corrected chi connectivity index (χ3v) is 5.59. The van der Waals surface area contributed by atoms with Gasteiger partial charge in [-0.25, -0.2) is 20.0 Å². The number of carboxylic acids is 1. The van der Waals surface area contributed by atoms with E-state index in [2.05, 4.69) is 25.3 Å². The van der Waals surface area contributed by atoms with Crippen LogP contribution in [0.1, 0.15) is 58.7 Å². The van der Waals surface area contributed by atoms with Gasteiger partial charge in [0.05, 0.1) is 6.33 Å². The third-order valence-electron chi connectivity index (χ3n) is 5.59. The van der Waals surface area contributed by atoms with Crippen LogP contribution < -0.4 is 10.4 Å². The summed E-state index contributed by atoms with van der Waals surface area (Å²) >= 11 is 0. The number of nitrogens with one attached hydrogen (secondary N) is 1. The van der Waals surface area contributed by atoms with Crippen molar-refractivity contribution < 1.29 is 32.6 Å². The molecule has 1 aliphatic rings. The molecule has 0 spiro atoms. The van der Waals surface area contributed by atoms with Crippen molar-refractivity contribution in [1.82, 2.24) is 29.8 Å². The van der Waals surface area contributed by atoms with Crippen molar-refractivity contribution in [1.29, 1.82) is 5.26 Å². The number of fused-ring (bicyclic) bond motifs is 1. The first kappa shape index (κ1) is 31.5. The summed E-state index contributed by atoms with van der Waals surface area (Å²) in [6, 6.07) is 2.05. The molecule has 39 heavy (non-hydrogen) atoms. The Kier molecular flexibility index (Phi) is 10.8. The van der Waals surface area contributed by atoms with E-state index in [1.165, 1.54) is 12.8 Å². The van der Waals surface area contributed by atoms with Gasteiger partial charge in [0, 0.05) is 13.1 Å². The molecule has 2 aromatic heterocycles. The van der Waals surface area contributed by atoms with Crippen LogP contribution in [0.2, 0.25) is 0 Å². The fourth-order valence-corrected chi connectivity index (χ4v) is 3.94. The zero-order valence-corrected chi connectivity index (χ0v) is 22.7. The van der Waals surface area contributed by atoms with Crippen LogP contribution >= 0.6 is 0 Å². The van der Waals surface area contributed by atoms with Crippen molar-refractivity contribution in [3.8, 4) is 6.07 Å². The third kappa shape index (κ3) is 10.2. The van der Waals surface area contributed by atoms with Gasteiger partial charge in [-0.15, -0.1) is 0 Å². The molecule has 0 unspecified atom stereocenters. The van der Waals surface area contributed by atoms with Crippen LogP contribution in [0.5, 0.6) is 0 Å². The van der Waals surface area contributed by atoms with Gasteiger partial charge in [-0.2, -0.15) is 28.4 Å². The average Bonchev–Trinajstić information content (AvgIpc) is 3.46. The minimum atomic E-state index is -5.08. The summed E-state index contributed by atoms with van der Waals surface area (Å²) in [5, 5.41) is 18.4. The molecular formula is C24H35F3N8O4. The number of rotatable bonds is 8. The number of carbonyl (C=O) groups is 2. The molecule has 1 aliphatic carbocycles. The van der Waals surface area contributed by atoms with Crippen LogP contribution in [-0.4, -0.2) is 80.6 Å². The highest BCUT2D eigenvalue weighted by Crippen LogP contribution is 2.29. The number of alkyl halides is 3. The minimum absolute atomic E-state index is 0.0456. The number of nitriles is 1. The Hall–Kier alpha value is -3.67. The highest BCUT2D eigenvalue weighted by Gasteiger charge is 2.38. The van der Waals surface area contributed by atoms with E-state index in [9.17, 15) is 23.2 Å².